The highest BCUT2D eigenvalue weighted by atomic mass is 16.3. The van der Waals surface area contributed by atoms with Gasteiger partial charge in [0.05, 0.1) is 17.3 Å². The Bertz CT molecular complexity index is 480. The summed E-state index contributed by atoms with van der Waals surface area (Å²) in [6, 6.07) is 5.96. The smallest absolute Gasteiger partial charge is 0.0841 e. The van der Waals surface area contributed by atoms with Crippen LogP contribution in [0.4, 0.5) is 0 Å². The maximum absolute atomic E-state index is 9.92. The van der Waals surface area contributed by atoms with Crippen LogP contribution < -0.4 is 0 Å². The summed E-state index contributed by atoms with van der Waals surface area (Å²) in [4.78, 5) is 0. The Morgan fingerprint density at radius 3 is 2.73 bits per heavy atom. The van der Waals surface area contributed by atoms with Gasteiger partial charge in [0.2, 0.25) is 0 Å². The van der Waals surface area contributed by atoms with Crippen molar-refractivity contribution in [3.8, 4) is 0 Å². The predicted octanol–water partition coefficient (Wildman–Crippen LogP) is 2.28. The molecule has 0 spiro atoms. The molecule has 1 aromatic carbocycles. The van der Waals surface area contributed by atoms with E-state index < -0.39 is 5.60 Å². The summed E-state index contributed by atoms with van der Waals surface area (Å²) >= 11 is 0. The lowest BCUT2D eigenvalue weighted by Crippen LogP contribution is -2.15. The van der Waals surface area contributed by atoms with Gasteiger partial charge in [-0.05, 0) is 32.4 Å². The Balaban J connectivity index is 2.63. The molecule has 1 heterocycles. The third kappa shape index (κ3) is 1.75. The number of rotatable bonds is 2. The molecule has 2 aromatic rings. The molecule has 15 heavy (non-hydrogen) atoms. The van der Waals surface area contributed by atoms with Gasteiger partial charge < -0.3 is 5.11 Å². The minimum Gasteiger partial charge on any atom is -0.386 e. The molecule has 0 fully saturated rings. The third-order valence-electron chi connectivity index (χ3n) is 2.65. The summed E-state index contributed by atoms with van der Waals surface area (Å²) in [5, 5.41) is 15.3. The fourth-order valence-electron chi connectivity index (χ4n) is 1.70. The topological polar surface area (TPSA) is 38.0 Å². The second-order valence-electron chi connectivity index (χ2n) is 4.29. The Kier molecular flexibility index (Phi) is 2.27. The van der Waals surface area contributed by atoms with E-state index in [4.69, 9.17) is 0 Å². The highest BCUT2D eigenvalue weighted by Gasteiger charge is 2.16. The van der Waals surface area contributed by atoms with Crippen LogP contribution in [-0.4, -0.2) is 14.9 Å². The fourth-order valence-corrected chi connectivity index (χ4v) is 1.70. The van der Waals surface area contributed by atoms with Gasteiger partial charge >= 0.3 is 0 Å². The van der Waals surface area contributed by atoms with E-state index in [9.17, 15) is 5.11 Å². The maximum atomic E-state index is 9.92. The SMILES string of the molecule is CCn1ncc2ccc(C(C)(C)O)cc21. The molecule has 0 saturated heterocycles. The van der Waals surface area contributed by atoms with Gasteiger partial charge in [0, 0.05) is 11.9 Å². The number of hydrogen-bond acceptors (Lipinski definition) is 2. The number of hydrogen-bond donors (Lipinski definition) is 1. The lowest BCUT2D eigenvalue weighted by molar-refractivity contribution is 0.0787. The van der Waals surface area contributed by atoms with Crippen LogP contribution >= 0.6 is 0 Å². The third-order valence-corrected chi connectivity index (χ3v) is 2.65. The van der Waals surface area contributed by atoms with Gasteiger partial charge in [0.25, 0.3) is 0 Å². The van der Waals surface area contributed by atoms with Crippen molar-refractivity contribution in [1.29, 1.82) is 0 Å². The molecular weight excluding hydrogens is 188 g/mol. The molecule has 0 aliphatic rings. The van der Waals surface area contributed by atoms with Crippen LogP contribution in [0.3, 0.4) is 0 Å². The molecule has 0 atom stereocenters. The van der Waals surface area contributed by atoms with E-state index >= 15 is 0 Å². The number of fused-ring (bicyclic) bond motifs is 1. The molecule has 2 rings (SSSR count). The van der Waals surface area contributed by atoms with E-state index in [0.717, 1.165) is 23.0 Å². The summed E-state index contributed by atoms with van der Waals surface area (Å²) in [6.07, 6.45) is 1.85. The highest BCUT2D eigenvalue weighted by molar-refractivity contribution is 5.79. The average molecular weight is 204 g/mol. The zero-order chi connectivity index (χ0) is 11.1. The molecule has 0 aliphatic carbocycles. The van der Waals surface area contributed by atoms with E-state index in [1.54, 1.807) is 13.8 Å². The van der Waals surface area contributed by atoms with Crippen LogP contribution in [0.1, 0.15) is 26.3 Å². The molecule has 0 saturated carbocycles. The molecule has 80 valence electrons. The van der Waals surface area contributed by atoms with Crippen molar-refractivity contribution in [3.63, 3.8) is 0 Å². The molecule has 0 radical (unpaired) electrons. The standard InChI is InChI=1S/C12H16N2O/c1-4-14-11-7-10(12(2,3)15)6-5-9(11)8-13-14/h5-8,15H,4H2,1-3H3. The summed E-state index contributed by atoms with van der Waals surface area (Å²) in [6.45, 7) is 6.49. The number of aromatic nitrogens is 2. The second-order valence-corrected chi connectivity index (χ2v) is 4.29. The summed E-state index contributed by atoms with van der Waals surface area (Å²) in [7, 11) is 0. The first kappa shape index (κ1) is 10.2. The van der Waals surface area contributed by atoms with Gasteiger partial charge in [0.1, 0.15) is 0 Å². The largest absolute Gasteiger partial charge is 0.386 e. The first-order valence-electron chi connectivity index (χ1n) is 5.21. The maximum Gasteiger partial charge on any atom is 0.0841 e. The van der Waals surface area contributed by atoms with E-state index in [2.05, 4.69) is 12.0 Å². The summed E-state index contributed by atoms with van der Waals surface area (Å²) < 4.78 is 1.94. The van der Waals surface area contributed by atoms with Crippen molar-refractivity contribution >= 4 is 10.9 Å². The van der Waals surface area contributed by atoms with Crippen LogP contribution in [-0.2, 0) is 12.1 Å². The number of aryl methyl sites for hydroxylation is 1. The van der Waals surface area contributed by atoms with E-state index in [1.165, 1.54) is 0 Å². The van der Waals surface area contributed by atoms with Crippen molar-refractivity contribution < 1.29 is 5.11 Å². The van der Waals surface area contributed by atoms with Crippen molar-refractivity contribution in [1.82, 2.24) is 9.78 Å². The Morgan fingerprint density at radius 2 is 2.13 bits per heavy atom. The van der Waals surface area contributed by atoms with Gasteiger partial charge in [-0.25, -0.2) is 0 Å². The highest BCUT2D eigenvalue weighted by Crippen LogP contribution is 2.24. The lowest BCUT2D eigenvalue weighted by Gasteiger charge is -2.17. The average Bonchev–Trinajstić information content (AvgIpc) is 2.57. The van der Waals surface area contributed by atoms with Gasteiger partial charge in [-0.2, -0.15) is 5.10 Å². The van der Waals surface area contributed by atoms with E-state index in [0.29, 0.717) is 0 Å². The minimum atomic E-state index is -0.795. The van der Waals surface area contributed by atoms with E-state index in [-0.39, 0.29) is 0 Å². The molecule has 0 aliphatic heterocycles. The fraction of sp³-hybridized carbons (Fsp3) is 0.417. The van der Waals surface area contributed by atoms with Crippen LogP contribution in [0.2, 0.25) is 0 Å². The molecule has 1 N–H and O–H groups in total. The van der Waals surface area contributed by atoms with Crippen molar-refractivity contribution in [2.24, 2.45) is 0 Å². The van der Waals surface area contributed by atoms with Gasteiger partial charge in [0.15, 0.2) is 0 Å². The van der Waals surface area contributed by atoms with Crippen molar-refractivity contribution in [2.45, 2.75) is 32.9 Å². The second kappa shape index (κ2) is 3.35. The van der Waals surface area contributed by atoms with Crippen LogP contribution in [0, 0.1) is 0 Å². The van der Waals surface area contributed by atoms with E-state index in [1.807, 2.05) is 29.1 Å². The van der Waals surface area contributed by atoms with Crippen LogP contribution in [0.5, 0.6) is 0 Å². The Hall–Kier alpha value is -1.35. The van der Waals surface area contributed by atoms with Crippen molar-refractivity contribution in [3.05, 3.63) is 30.0 Å². The van der Waals surface area contributed by atoms with Gasteiger partial charge in [-0.3, -0.25) is 4.68 Å². The zero-order valence-corrected chi connectivity index (χ0v) is 9.36. The summed E-state index contributed by atoms with van der Waals surface area (Å²) in [5.41, 5.74) is 1.21. The number of benzene rings is 1. The lowest BCUT2D eigenvalue weighted by atomic mass is 9.97. The molecular formula is C12H16N2O. The van der Waals surface area contributed by atoms with Crippen LogP contribution in [0.25, 0.3) is 10.9 Å². The zero-order valence-electron chi connectivity index (χ0n) is 9.36. The van der Waals surface area contributed by atoms with Crippen LogP contribution in [0.15, 0.2) is 24.4 Å². The number of nitrogens with zero attached hydrogens (tertiary/aromatic N) is 2. The molecule has 0 bridgehead atoms. The number of aliphatic hydroxyl groups is 1. The first-order valence-corrected chi connectivity index (χ1v) is 5.21. The van der Waals surface area contributed by atoms with Crippen molar-refractivity contribution in [2.75, 3.05) is 0 Å². The molecule has 1 aromatic heterocycles. The Labute approximate surface area is 89.3 Å². The quantitative estimate of drug-likeness (QED) is 0.815. The molecule has 3 heteroatoms. The molecule has 0 amide bonds. The van der Waals surface area contributed by atoms with Gasteiger partial charge in [-0.1, -0.05) is 12.1 Å². The first-order chi connectivity index (χ1) is 7.02. The monoisotopic (exact) mass is 204 g/mol. The Morgan fingerprint density at radius 1 is 1.40 bits per heavy atom. The van der Waals surface area contributed by atoms with Gasteiger partial charge in [-0.15, -0.1) is 0 Å². The predicted molar refractivity (Wildman–Crippen MR) is 60.7 cm³/mol. The minimum absolute atomic E-state index is 0.795. The summed E-state index contributed by atoms with van der Waals surface area (Å²) in [5.74, 6) is 0. The molecule has 3 nitrogen and oxygen atoms in total. The molecule has 0 unspecified atom stereocenters. The normalized spacial score (nSPS) is 12.3.